The van der Waals surface area contributed by atoms with E-state index >= 15 is 0 Å². The second-order valence-electron chi connectivity index (χ2n) is 9.45. The molecule has 30 heavy (non-hydrogen) atoms. The summed E-state index contributed by atoms with van der Waals surface area (Å²) in [5, 5.41) is 0.130. The molecule has 0 unspecified atom stereocenters. The molecule has 0 saturated carbocycles. The highest BCUT2D eigenvalue weighted by atomic mass is 28.4. The molecule has 0 radical (unpaired) electrons. The minimum atomic E-state index is -1.98. The Hall–Kier alpha value is -2.11. The van der Waals surface area contributed by atoms with Crippen LogP contribution in [0.4, 0.5) is 5.69 Å². The molecule has 5 heteroatoms. The summed E-state index contributed by atoms with van der Waals surface area (Å²) in [6.07, 6.45) is 0.847. The number of ether oxygens (including phenoxy) is 2. The number of rotatable bonds is 7. The lowest BCUT2D eigenvalue weighted by Crippen LogP contribution is -2.52. The number of hydrogen-bond acceptors (Lipinski definition) is 4. The lowest BCUT2D eigenvalue weighted by Gasteiger charge is -2.47. The summed E-state index contributed by atoms with van der Waals surface area (Å²) in [4.78, 5) is 4.76. The molecular formula is C25H35NO3Si. The first kappa shape index (κ1) is 22.6. The minimum Gasteiger partial charge on any atom is -0.497 e. The third-order valence-corrected chi connectivity index (χ3v) is 10.8. The molecule has 1 heterocycles. The van der Waals surface area contributed by atoms with Gasteiger partial charge in [0.05, 0.1) is 18.7 Å². The summed E-state index contributed by atoms with van der Waals surface area (Å²) >= 11 is 0. The summed E-state index contributed by atoms with van der Waals surface area (Å²) in [5.41, 5.74) is 2.05. The number of hydrogen-bond donors (Lipinski definition) is 0. The standard InChI is InChI=1S/C25H35NO3Si/c1-8-21-23(28-24(21)26-19-14-16-20(27-5)17-15-19)22(18-12-10-9-11-13-18)29-30(6,7)25(2,3)4/h9-17,21-23H,8H2,1-7H3/t21-,22-,23+/m0/s1. The molecule has 1 fully saturated rings. The van der Waals surface area contributed by atoms with Crippen molar-refractivity contribution in [2.75, 3.05) is 7.11 Å². The monoisotopic (exact) mass is 425 g/mol. The van der Waals surface area contributed by atoms with Gasteiger partial charge in [0.25, 0.3) is 0 Å². The lowest BCUT2D eigenvalue weighted by molar-refractivity contribution is -0.0423. The van der Waals surface area contributed by atoms with Gasteiger partial charge in [0.1, 0.15) is 18.0 Å². The van der Waals surface area contributed by atoms with E-state index in [1.165, 1.54) is 5.56 Å². The topological polar surface area (TPSA) is 40.0 Å². The quantitative estimate of drug-likeness (QED) is 0.452. The maximum absolute atomic E-state index is 6.90. The molecule has 0 N–H and O–H groups in total. The van der Waals surface area contributed by atoms with Crippen molar-refractivity contribution in [3.8, 4) is 5.75 Å². The third-order valence-electron chi connectivity index (χ3n) is 6.38. The summed E-state index contributed by atoms with van der Waals surface area (Å²) in [6.45, 7) is 13.6. The van der Waals surface area contributed by atoms with Crippen molar-refractivity contribution in [1.29, 1.82) is 0 Å². The van der Waals surface area contributed by atoms with Crippen LogP contribution in [-0.4, -0.2) is 27.4 Å². The molecule has 3 atom stereocenters. The van der Waals surface area contributed by atoms with Crippen LogP contribution in [0.2, 0.25) is 18.1 Å². The van der Waals surface area contributed by atoms with E-state index in [1.807, 2.05) is 30.3 Å². The molecule has 1 aliphatic heterocycles. The van der Waals surface area contributed by atoms with Gasteiger partial charge in [0.2, 0.25) is 0 Å². The van der Waals surface area contributed by atoms with Crippen LogP contribution in [0.5, 0.6) is 5.75 Å². The third kappa shape index (κ3) is 4.78. The average molecular weight is 426 g/mol. The summed E-state index contributed by atoms with van der Waals surface area (Å²) in [6, 6.07) is 18.2. The average Bonchev–Trinajstić information content (AvgIpc) is 2.70. The van der Waals surface area contributed by atoms with Crippen molar-refractivity contribution < 1.29 is 13.9 Å². The molecule has 1 aliphatic rings. The van der Waals surface area contributed by atoms with Gasteiger partial charge in [0.15, 0.2) is 14.2 Å². The van der Waals surface area contributed by atoms with Crippen LogP contribution in [0.3, 0.4) is 0 Å². The van der Waals surface area contributed by atoms with E-state index in [0.717, 1.165) is 23.8 Å². The fraction of sp³-hybridized carbons (Fsp3) is 0.480. The Balaban J connectivity index is 1.86. The minimum absolute atomic E-state index is 0.0245. The molecule has 0 aliphatic carbocycles. The largest absolute Gasteiger partial charge is 0.497 e. The smallest absolute Gasteiger partial charge is 0.195 e. The van der Waals surface area contributed by atoms with E-state index in [2.05, 4.69) is 65.1 Å². The maximum atomic E-state index is 6.90. The lowest BCUT2D eigenvalue weighted by atomic mass is 9.86. The number of nitrogens with zero attached hydrogens (tertiary/aromatic N) is 1. The Morgan fingerprint density at radius 1 is 1.03 bits per heavy atom. The molecule has 3 rings (SSSR count). The van der Waals surface area contributed by atoms with Crippen LogP contribution < -0.4 is 4.74 Å². The van der Waals surface area contributed by atoms with Crippen molar-refractivity contribution in [3.05, 3.63) is 60.2 Å². The molecule has 0 spiro atoms. The zero-order valence-corrected chi connectivity index (χ0v) is 20.3. The van der Waals surface area contributed by atoms with E-state index in [-0.39, 0.29) is 23.2 Å². The van der Waals surface area contributed by atoms with E-state index in [4.69, 9.17) is 18.9 Å². The van der Waals surface area contributed by atoms with Crippen LogP contribution in [0.25, 0.3) is 0 Å². The highest BCUT2D eigenvalue weighted by molar-refractivity contribution is 6.74. The fourth-order valence-corrected chi connectivity index (χ4v) is 4.67. The van der Waals surface area contributed by atoms with E-state index < -0.39 is 8.32 Å². The summed E-state index contributed by atoms with van der Waals surface area (Å²) in [7, 11) is -0.312. The zero-order chi connectivity index (χ0) is 21.9. The fourth-order valence-electron chi connectivity index (χ4n) is 3.41. The van der Waals surface area contributed by atoms with Crippen LogP contribution in [0.1, 0.15) is 45.8 Å². The first-order chi connectivity index (χ1) is 14.2. The Morgan fingerprint density at radius 2 is 1.67 bits per heavy atom. The summed E-state index contributed by atoms with van der Waals surface area (Å²) < 4.78 is 18.4. The van der Waals surface area contributed by atoms with E-state index in [1.54, 1.807) is 7.11 Å². The van der Waals surface area contributed by atoms with Gasteiger partial charge in [-0.1, -0.05) is 58.0 Å². The second kappa shape index (κ2) is 8.94. The van der Waals surface area contributed by atoms with Crippen molar-refractivity contribution in [3.63, 3.8) is 0 Å². The van der Waals surface area contributed by atoms with Gasteiger partial charge in [-0.3, -0.25) is 0 Å². The highest BCUT2D eigenvalue weighted by Crippen LogP contribution is 2.45. The summed E-state index contributed by atoms with van der Waals surface area (Å²) in [5.74, 6) is 1.86. The van der Waals surface area contributed by atoms with Crippen molar-refractivity contribution >= 4 is 19.9 Å². The Bertz CT molecular complexity index is 856. The number of benzene rings is 2. The van der Waals surface area contributed by atoms with Crippen LogP contribution in [0.15, 0.2) is 59.6 Å². The first-order valence-corrected chi connectivity index (χ1v) is 13.7. The maximum Gasteiger partial charge on any atom is 0.195 e. The number of aliphatic imine (C=N–C) groups is 1. The first-order valence-electron chi connectivity index (χ1n) is 10.8. The number of methoxy groups -OCH3 is 1. The molecule has 4 nitrogen and oxygen atoms in total. The van der Waals surface area contributed by atoms with Crippen molar-refractivity contribution in [2.24, 2.45) is 10.9 Å². The van der Waals surface area contributed by atoms with Crippen molar-refractivity contribution in [1.82, 2.24) is 0 Å². The van der Waals surface area contributed by atoms with Crippen LogP contribution in [0, 0.1) is 5.92 Å². The van der Waals surface area contributed by atoms with Gasteiger partial charge in [0, 0.05) is 0 Å². The van der Waals surface area contributed by atoms with Gasteiger partial charge in [-0.2, -0.15) is 0 Å². The van der Waals surface area contributed by atoms with Gasteiger partial charge < -0.3 is 13.9 Å². The van der Waals surface area contributed by atoms with Crippen LogP contribution in [-0.2, 0) is 9.16 Å². The van der Waals surface area contributed by atoms with Gasteiger partial charge >= 0.3 is 0 Å². The predicted molar refractivity (Wildman–Crippen MR) is 126 cm³/mol. The predicted octanol–water partition coefficient (Wildman–Crippen LogP) is 6.91. The van der Waals surface area contributed by atoms with E-state index in [9.17, 15) is 0 Å². The normalized spacial score (nSPS) is 21.6. The van der Waals surface area contributed by atoms with E-state index in [0.29, 0.717) is 0 Å². The molecule has 0 amide bonds. The molecule has 162 valence electrons. The molecule has 0 bridgehead atoms. The Morgan fingerprint density at radius 3 is 2.20 bits per heavy atom. The van der Waals surface area contributed by atoms with Gasteiger partial charge in [-0.25, -0.2) is 4.99 Å². The van der Waals surface area contributed by atoms with Gasteiger partial charge in [-0.15, -0.1) is 0 Å². The molecule has 2 aromatic carbocycles. The molecule has 1 saturated heterocycles. The molecular weight excluding hydrogens is 390 g/mol. The zero-order valence-electron chi connectivity index (χ0n) is 19.3. The highest BCUT2D eigenvalue weighted by Gasteiger charge is 2.49. The SMILES string of the molecule is CC[C@@H]1C(=Nc2ccc(OC)cc2)O[C@H]1[C@@H](O[Si](C)(C)C(C)(C)C)c1ccccc1. The Labute approximate surface area is 182 Å². The second-order valence-corrected chi connectivity index (χ2v) is 14.2. The Kier molecular flexibility index (Phi) is 6.73. The van der Waals surface area contributed by atoms with Gasteiger partial charge in [-0.05, 0) is 54.4 Å². The molecule has 0 aromatic heterocycles. The van der Waals surface area contributed by atoms with Crippen molar-refractivity contribution in [2.45, 2.75) is 64.5 Å². The molecule has 2 aromatic rings. The van der Waals surface area contributed by atoms with Crippen LogP contribution >= 0.6 is 0 Å².